The van der Waals surface area contributed by atoms with Crippen molar-refractivity contribution in [2.45, 2.75) is 46.1 Å². The van der Waals surface area contributed by atoms with Crippen molar-refractivity contribution >= 4 is 5.91 Å². The Labute approximate surface area is 80.3 Å². The van der Waals surface area contributed by atoms with Gasteiger partial charge in [-0.15, -0.1) is 0 Å². The third-order valence-corrected chi connectivity index (χ3v) is 2.64. The van der Waals surface area contributed by atoms with Gasteiger partial charge in [-0.05, 0) is 12.3 Å². The van der Waals surface area contributed by atoms with Crippen molar-refractivity contribution in [2.24, 2.45) is 17.6 Å². The zero-order valence-electron chi connectivity index (χ0n) is 8.79. The fraction of sp³-hybridized carbons (Fsp3) is 0.900. The Morgan fingerprint density at radius 2 is 2.00 bits per heavy atom. The van der Waals surface area contributed by atoms with Crippen LogP contribution in [0.25, 0.3) is 0 Å². The molecule has 0 rings (SSSR count). The van der Waals surface area contributed by atoms with E-state index in [9.17, 15) is 9.90 Å². The highest BCUT2D eigenvalue weighted by atomic mass is 16.3. The second-order valence-corrected chi connectivity index (χ2v) is 3.62. The first-order valence-electron chi connectivity index (χ1n) is 5.01. The molecule has 0 saturated heterocycles. The molecule has 0 spiro atoms. The SMILES string of the molecule is CCCC(O)C(CC)C(C)C(N)=O. The van der Waals surface area contributed by atoms with Crippen molar-refractivity contribution in [1.82, 2.24) is 0 Å². The van der Waals surface area contributed by atoms with Gasteiger partial charge in [-0.2, -0.15) is 0 Å². The number of aliphatic hydroxyl groups is 1. The van der Waals surface area contributed by atoms with E-state index in [2.05, 4.69) is 0 Å². The maximum absolute atomic E-state index is 10.9. The summed E-state index contributed by atoms with van der Waals surface area (Å²) in [5, 5.41) is 9.72. The fourth-order valence-corrected chi connectivity index (χ4v) is 1.68. The molecule has 0 aromatic heterocycles. The minimum absolute atomic E-state index is 0.0115. The van der Waals surface area contributed by atoms with Gasteiger partial charge in [0, 0.05) is 5.92 Å². The molecule has 0 radical (unpaired) electrons. The Morgan fingerprint density at radius 3 is 2.31 bits per heavy atom. The molecule has 0 saturated carbocycles. The summed E-state index contributed by atoms with van der Waals surface area (Å²) in [5.74, 6) is -0.536. The van der Waals surface area contributed by atoms with E-state index in [4.69, 9.17) is 5.73 Å². The second kappa shape index (κ2) is 5.97. The Kier molecular flexibility index (Phi) is 5.71. The normalized spacial score (nSPS) is 17.8. The Hall–Kier alpha value is -0.570. The predicted molar refractivity (Wildman–Crippen MR) is 53.1 cm³/mol. The summed E-state index contributed by atoms with van der Waals surface area (Å²) in [6, 6.07) is 0. The summed E-state index contributed by atoms with van der Waals surface area (Å²) in [6.45, 7) is 5.78. The van der Waals surface area contributed by atoms with Crippen LogP contribution < -0.4 is 5.73 Å². The van der Waals surface area contributed by atoms with Gasteiger partial charge in [0.1, 0.15) is 0 Å². The van der Waals surface area contributed by atoms with Crippen molar-refractivity contribution in [3.63, 3.8) is 0 Å². The van der Waals surface area contributed by atoms with Crippen LogP contribution in [0.15, 0.2) is 0 Å². The number of aliphatic hydroxyl groups excluding tert-OH is 1. The van der Waals surface area contributed by atoms with Gasteiger partial charge in [-0.3, -0.25) is 4.79 Å². The van der Waals surface area contributed by atoms with Gasteiger partial charge in [0.25, 0.3) is 0 Å². The molecule has 3 nitrogen and oxygen atoms in total. The maximum Gasteiger partial charge on any atom is 0.220 e. The minimum Gasteiger partial charge on any atom is -0.393 e. The lowest BCUT2D eigenvalue weighted by molar-refractivity contribution is -0.124. The van der Waals surface area contributed by atoms with Gasteiger partial charge in [-0.1, -0.05) is 33.6 Å². The first-order valence-corrected chi connectivity index (χ1v) is 5.01. The molecular weight excluding hydrogens is 166 g/mol. The van der Waals surface area contributed by atoms with Crippen molar-refractivity contribution in [2.75, 3.05) is 0 Å². The van der Waals surface area contributed by atoms with Crippen molar-refractivity contribution < 1.29 is 9.90 Å². The van der Waals surface area contributed by atoms with E-state index in [0.29, 0.717) is 0 Å². The summed E-state index contributed by atoms with van der Waals surface area (Å²) in [4.78, 5) is 10.9. The summed E-state index contributed by atoms with van der Waals surface area (Å²) in [5.41, 5.74) is 5.20. The van der Waals surface area contributed by atoms with Crippen molar-refractivity contribution in [1.29, 1.82) is 0 Å². The molecular formula is C10H21NO2. The van der Waals surface area contributed by atoms with E-state index in [-0.39, 0.29) is 17.7 Å². The highest BCUT2D eigenvalue weighted by Crippen LogP contribution is 2.22. The van der Waals surface area contributed by atoms with Crippen molar-refractivity contribution in [3.8, 4) is 0 Å². The average molecular weight is 187 g/mol. The first kappa shape index (κ1) is 12.4. The Balaban J connectivity index is 4.22. The second-order valence-electron chi connectivity index (χ2n) is 3.62. The Morgan fingerprint density at radius 1 is 1.46 bits per heavy atom. The van der Waals surface area contributed by atoms with E-state index in [1.165, 1.54) is 0 Å². The fourth-order valence-electron chi connectivity index (χ4n) is 1.68. The van der Waals surface area contributed by atoms with Crippen LogP contribution in [0, 0.1) is 11.8 Å². The molecule has 13 heavy (non-hydrogen) atoms. The van der Waals surface area contributed by atoms with Gasteiger partial charge in [0.2, 0.25) is 5.91 Å². The summed E-state index contributed by atoms with van der Waals surface area (Å²) < 4.78 is 0. The van der Waals surface area contributed by atoms with E-state index in [1.807, 2.05) is 13.8 Å². The van der Waals surface area contributed by atoms with Crippen LogP contribution in [0.1, 0.15) is 40.0 Å². The van der Waals surface area contributed by atoms with E-state index < -0.39 is 6.10 Å². The summed E-state index contributed by atoms with van der Waals surface area (Å²) >= 11 is 0. The molecule has 3 heteroatoms. The number of nitrogens with two attached hydrogens (primary N) is 1. The summed E-state index contributed by atoms with van der Waals surface area (Å²) in [7, 11) is 0. The van der Waals surface area contributed by atoms with Gasteiger partial charge in [-0.25, -0.2) is 0 Å². The molecule has 3 unspecified atom stereocenters. The topological polar surface area (TPSA) is 63.3 Å². The smallest absolute Gasteiger partial charge is 0.220 e. The lowest BCUT2D eigenvalue weighted by atomic mass is 9.84. The van der Waals surface area contributed by atoms with Crippen LogP contribution in [0.2, 0.25) is 0 Å². The van der Waals surface area contributed by atoms with Gasteiger partial charge in [0.15, 0.2) is 0 Å². The standard InChI is InChI=1S/C10H21NO2/c1-4-6-9(12)8(5-2)7(3)10(11)13/h7-9,12H,4-6H2,1-3H3,(H2,11,13). The molecule has 78 valence electrons. The van der Waals surface area contributed by atoms with Gasteiger partial charge < -0.3 is 10.8 Å². The van der Waals surface area contributed by atoms with Gasteiger partial charge in [0.05, 0.1) is 6.10 Å². The number of primary amides is 1. The van der Waals surface area contributed by atoms with E-state index >= 15 is 0 Å². The molecule has 0 heterocycles. The Bertz CT molecular complexity index is 159. The van der Waals surface area contributed by atoms with Crippen LogP contribution in [-0.4, -0.2) is 17.1 Å². The molecule has 0 fully saturated rings. The molecule has 0 bridgehead atoms. The monoisotopic (exact) mass is 187 g/mol. The number of amides is 1. The van der Waals surface area contributed by atoms with E-state index in [0.717, 1.165) is 19.3 Å². The molecule has 0 aromatic carbocycles. The average Bonchev–Trinajstić information content (AvgIpc) is 2.05. The van der Waals surface area contributed by atoms with E-state index in [1.54, 1.807) is 6.92 Å². The lowest BCUT2D eigenvalue weighted by Crippen LogP contribution is -2.34. The third kappa shape index (κ3) is 3.77. The maximum atomic E-state index is 10.9. The number of carbonyl (C=O) groups is 1. The molecule has 0 aromatic rings. The number of carbonyl (C=O) groups excluding carboxylic acids is 1. The largest absolute Gasteiger partial charge is 0.393 e. The molecule has 0 aliphatic heterocycles. The summed E-state index contributed by atoms with van der Waals surface area (Å²) in [6.07, 6.45) is 2.09. The van der Waals surface area contributed by atoms with Gasteiger partial charge >= 0.3 is 0 Å². The molecule has 3 N–H and O–H groups in total. The molecule has 0 aliphatic rings. The number of hydrogen-bond donors (Lipinski definition) is 2. The van der Waals surface area contributed by atoms with Crippen LogP contribution >= 0.6 is 0 Å². The molecule has 0 aliphatic carbocycles. The molecule has 1 amide bonds. The first-order chi connectivity index (χ1) is 6.04. The van der Waals surface area contributed by atoms with Crippen molar-refractivity contribution in [3.05, 3.63) is 0 Å². The lowest BCUT2D eigenvalue weighted by Gasteiger charge is -2.25. The number of rotatable bonds is 6. The highest BCUT2D eigenvalue weighted by Gasteiger charge is 2.26. The predicted octanol–water partition coefficient (Wildman–Crippen LogP) is 1.29. The van der Waals surface area contributed by atoms with Crippen LogP contribution in [0.5, 0.6) is 0 Å². The van der Waals surface area contributed by atoms with Crippen LogP contribution in [-0.2, 0) is 4.79 Å². The van der Waals surface area contributed by atoms with Crippen LogP contribution in [0.3, 0.4) is 0 Å². The molecule has 3 atom stereocenters. The van der Waals surface area contributed by atoms with Crippen LogP contribution in [0.4, 0.5) is 0 Å². The zero-order valence-corrected chi connectivity index (χ0v) is 8.79. The quantitative estimate of drug-likeness (QED) is 0.658. The zero-order chi connectivity index (χ0) is 10.4. The minimum atomic E-state index is -0.391. The highest BCUT2D eigenvalue weighted by molar-refractivity contribution is 5.76. The number of hydrogen-bond acceptors (Lipinski definition) is 2. The third-order valence-electron chi connectivity index (χ3n) is 2.64.